The van der Waals surface area contributed by atoms with Gasteiger partial charge in [-0.15, -0.1) is 11.8 Å². The fourth-order valence-corrected chi connectivity index (χ4v) is 2.84. The molecule has 1 aliphatic rings. The average Bonchev–Trinajstić information content (AvgIpc) is 2.84. The number of hydrogen-bond donors (Lipinski definition) is 1. The van der Waals surface area contributed by atoms with Gasteiger partial charge in [-0.05, 0) is 25.0 Å². The topological polar surface area (TPSA) is 38.3 Å². The summed E-state index contributed by atoms with van der Waals surface area (Å²) < 4.78 is 5.39. The molecule has 1 aromatic carbocycles. The van der Waals surface area contributed by atoms with E-state index in [9.17, 15) is 4.79 Å². The van der Waals surface area contributed by atoms with Gasteiger partial charge in [0.25, 0.3) is 5.91 Å². The third-order valence-corrected chi connectivity index (χ3v) is 3.81. The van der Waals surface area contributed by atoms with Gasteiger partial charge in [0.05, 0.1) is 5.69 Å². The number of anilines is 1. The number of carbonyl (C=O) groups excluding carboxylic acids is 1. The molecule has 3 nitrogen and oxygen atoms in total. The Hall–Kier alpha value is -1.00. The summed E-state index contributed by atoms with van der Waals surface area (Å²) in [6.45, 7) is 4.98. The fraction of sp³-hybridized carbons (Fsp3) is 0.500. The largest absolute Gasteiger partial charge is 0.368 e. The predicted octanol–water partition coefficient (Wildman–Crippen LogP) is 3.30. The summed E-state index contributed by atoms with van der Waals surface area (Å²) in [6.07, 6.45) is 1.52. The Morgan fingerprint density at radius 1 is 1.44 bits per heavy atom. The summed E-state index contributed by atoms with van der Waals surface area (Å²) in [7, 11) is 0. The van der Waals surface area contributed by atoms with Crippen LogP contribution in [0.3, 0.4) is 0 Å². The van der Waals surface area contributed by atoms with Crippen molar-refractivity contribution in [1.82, 2.24) is 0 Å². The highest BCUT2D eigenvalue weighted by atomic mass is 32.2. The number of amides is 1. The van der Waals surface area contributed by atoms with Crippen LogP contribution in [0.5, 0.6) is 0 Å². The maximum absolute atomic E-state index is 12.0. The molecular weight excluding hydrogens is 246 g/mol. The van der Waals surface area contributed by atoms with Gasteiger partial charge < -0.3 is 10.1 Å². The highest BCUT2D eigenvalue weighted by Gasteiger charge is 2.24. The molecule has 1 saturated heterocycles. The molecule has 0 radical (unpaired) electrons. The van der Waals surface area contributed by atoms with Crippen molar-refractivity contribution in [2.24, 2.45) is 0 Å². The molecule has 0 aromatic heterocycles. The minimum atomic E-state index is -0.276. The Bertz CT molecular complexity index is 414. The van der Waals surface area contributed by atoms with Gasteiger partial charge in [-0.1, -0.05) is 26.0 Å². The van der Waals surface area contributed by atoms with Crippen LogP contribution in [0.4, 0.5) is 5.69 Å². The lowest BCUT2D eigenvalue weighted by Crippen LogP contribution is -2.27. The SMILES string of the molecule is CC(C)Sc1ccccc1NC(=O)[C@@H]1CCCO1. The second kappa shape index (κ2) is 6.25. The lowest BCUT2D eigenvalue weighted by atomic mass is 10.2. The lowest BCUT2D eigenvalue weighted by Gasteiger charge is -2.14. The first-order valence-electron chi connectivity index (χ1n) is 6.35. The van der Waals surface area contributed by atoms with E-state index in [1.54, 1.807) is 11.8 Å². The molecule has 0 bridgehead atoms. The minimum absolute atomic E-state index is 0.0238. The molecule has 1 atom stereocenters. The van der Waals surface area contributed by atoms with E-state index in [4.69, 9.17) is 4.74 Å². The third-order valence-electron chi connectivity index (χ3n) is 2.73. The summed E-state index contributed by atoms with van der Waals surface area (Å²) >= 11 is 1.75. The maximum Gasteiger partial charge on any atom is 0.253 e. The highest BCUT2D eigenvalue weighted by molar-refractivity contribution is 8.00. The minimum Gasteiger partial charge on any atom is -0.368 e. The number of nitrogens with one attached hydrogen (secondary N) is 1. The number of benzene rings is 1. The predicted molar refractivity (Wildman–Crippen MR) is 75.0 cm³/mol. The molecule has 1 aliphatic heterocycles. The number of rotatable bonds is 4. The number of carbonyl (C=O) groups is 1. The van der Waals surface area contributed by atoms with Crippen LogP contribution in [0.25, 0.3) is 0 Å². The summed E-state index contributed by atoms with van der Waals surface area (Å²) in [4.78, 5) is 13.1. The average molecular weight is 265 g/mol. The molecular formula is C14H19NO2S. The Kier molecular flexibility index (Phi) is 4.66. The van der Waals surface area contributed by atoms with Crippen molar-refractivity contribution >= 4 is 23.4 Å². The van der Waals surface area contributed by atoms with E-state index >= 15 is 0 Å². The summed E-state index contributed by atoms with van der Waals surface area (Å²) in [5.74, 6) is -0.0238. The Balaban J connectivity index is 2.05. The second-order valence-electron chi connectivity index (χ2n) is 4.65. The van der Waals surface area contributed by atoms with E-state index in [0.29, 0.717) is 11.9 Å². The van der Waals surface area contributed by atoms with Gasteiger partial charge in [0.1, 0.15) is 6.10 Å². The fourth-order valence-electron chi connectivity index (χ4n) is 1.92. The van der Waals surface area contributed by atoms with Crippen LogP contribution in [0.1, 0.15) is 26.7 Å². The number of hydrogen-bond acceptors (Lipinski definition) is 3. The first kappa shape index (κ1) is 13.4. The van der Waals surface area contributed by atoms with Crippen LogP contribution in [-0.2, 0) is 9.53 Å². The Morgan fingerprint density at radius 2 is 2.22 bits per heavy atom. The van der Waals surface area contributed by atoms with Crippen LogP contribution in [-0.4, -0.2) is 23.9 Å². The number of para-hydroxylation sites is 1. The zero-order chi connectivity index (χ0) is 13.0. The quantitative estimate of drug-likeness (QED) is 0.849. The van der Waals surface area contributed by atoms with Crippen LogP contribution in [0.15, 0.2) is 29.2 Å². The summed E-state index contributed by atoms with van der Waals surface area (Å²) in [5.41, 5.74) is 0.886. The van der Waals surface area contributed by atoms with Gasteiger partial charge in [0, 0.05) is 16.8 Å². The lowest BCUT2D eigenvalue weighted by molar-refractivity contribution is -0.124. The first-order valence-corrected chi connectivity index (χ1v) is 7.23. The number of ether oxygens (including phenoxy) is 1. The van der Waals surface area contributed by atoms with Gasteiger partial charge in [-0.3, -0.25) is 4.79 Å². The van der Waals surface area contributed by atoms with Gasteiger partial charge in [-0.25, -0.2) is 0 Å². The standard InChI is InChI=1S/C14H19NO2S/c1-10(2)18-13-8-4-3-6-11(13)15-14(16)12-7-5-9-17-12/h3-4,6,8,10,12H,5,7,9H2,1-2H3,(H,15,16)/t12-/m0/s1. The molecule has 0 spiro atoms. The molecule has 1 N–H and O–H groups in total. The van der Waals surface area contributed by atoms with E-state index in [1.165, 1.54) is 0 Å². The van der Waals surface area contributed by atoms with Gasteiger partial charge in [-0.2, -0.15) is 0 Å². The molecule has 1 fully saturated rings. The normalized spacial score (nSPS) is 19.2. The summed E-state index contributed by atoms with van der Waals surface area (Å²) in [6, 6.07) is 7.91. The van der Waals surface area contributed by atoms with Crippen molar-refractivity contribution in [3.05, 3.63) is 24.3 Å². The molecule has 1 heterocycles. The van der Waals surface area contributed by atoms with Crippen molar-refractivity contribution < 1.29 is 9.53 Å². The van der Waals surface area contributed by atoms with E-state index in [0.717, 1.165) is 23.4 Å². The van der Waals surface area contributed by atoms with Gasteiger partial charge in [0.2, 0.25) is 0 Å². The Labute approximate surface area is 112 Å². The van der Waals surface area contributed by atoms with E-state index in [2.05, 4.69) is 19.2 Å². The highest BCUT2D eigenvalue weighted by Crippen LogP contribution is 2.30. The maximum atomic E-state index is 12.0. The van der Waals surface area contributed by atoms with E-state index < -0.39 is 0 Å². The molecule has 18 heavy (non-hydrogen) atoms. The van der Waals surface area contributed by atoms with Crippen LogP contribution >= 0.6 is 11.8 Å². The molecule has 4 heteroatoms. The second-order valence-corrected chi connectivity index (χ2v) is 6.27. The van der Waals surface area contributed by atoms with Crippen molar-refractivity contribution in [2.75, 3.05) is 11.9 Å². The monoisotopic (exact) mass is 265 g/mol. The molecule has 98 valence electrons. The van der Waals surface area contributed by atoms with Crippen molar-refractivity contribution in [1.29, 1.82) is 0 Å². The van der Waals surface area contributed by atoms with Crippen molar-refractivity contribution in [2.45, 2.75) is 42.9 Å². The first-order chi connectivity index (χ1) is 8.66. The van der Waals surface area contributed by atoms with Crippen LogP contribution in [0, 0.1) is 0 Å². The molecule has 0 saturated carbocycles. The molecule has 0 unspecified atom stereocenters. The van der Waals surface area contributed by atoms with Crippen molar-refractivity contribution in [3.63, 3.8) is 0 Å². The molecule has 0 aliphatic carbocycles. The zero-order valence-electron chi connectivity index (χ0n) is 10.8. The molecule has 1 aromatic rings. The summed E-state index contributed by atoms with van der Waals surface area (Å²) in [5, 5.41) is 3.46. The van der Waals surface area contributed by atoms with E-state index in [1.807, 2.05) is 24.3 Å². The van der Waals surface area contributed by atoms with Crippen LogP contribution in [0.2, 0.25) is 0 Å². The smallest absolute Gasteiger partial charge is 0.253 e. The van der Waals surface area contributed by atoms with Crippen molar-refractivity contribution in [3.8, 4) is 0 Å². The number of thioether (sulfide) groups is 1. The van der Waals surface area contributed by atoms with Gasteiger partial charge in [0.15, 0.2) is 0 Å². The van der Waals surface area contributed by atoms with Crippen LogP contribution < -0.4 is 5.32 Å². The van der Waals surface area contributed by atoms with Gasteiger partial charge >= 0.3 is 0 Å². The third kappa shape index (κ3) is 3.50. The Morgan fingerprint density at radius 3 is 2.89 bits per heavy atom. The zero-order valence-corrected chi connectivity index (χ0v) is 11.6. The molecule has 2 rings (SSSR count). The molecule has 1 amide bonds. The van der Waals surface area contributed by atoms with E-state index in [-0.39, 0.29) is 12.0 Å².